The summed E-state index contributed by atoms with van der Waals surface area (Å²) in [7, 11) is 3.39. The van der Waals surface area contributed by atoms with Crippen LogP contribution in [0.1, 0.15) is 20.7 Å². The van der Waals surface area contributed by atoms with E-state index in [-0.39, 0.29) is 11.8 Å². The molecular formula is C17H15BrN4O2. The average Bonchev–Trinajstić information content (AvgIpc) is 2.97. The predicted molar refractivity (Wildman–Crippen MR) is 96.2 cm³/mol. The minimum absolute atomic E-state index is 0.0829. The zero-order chi connectivity index (χ0) is 17.3. The molecule has 0 radical (unpaired) electrons. The summed E-state index contributed by atoms with van der Waals surface area (Å²) in [5.74, 6) is -0.326. The van der Waals surface area contributed by atoms with E-state index in [1.54, 1.807) is 50.8 Å². The molecule has 2 N–H and O–H groups in total. The van der Waals surface area contributed by atoms with Crippen molar-refractivity contribution >= 4 is 44.5 Å². The predicted octanol–water partition coefficient (Wildman–Crippen LogP) is 3.28. The van der Waals surface area contributed by atoms with E-state index in [4.69, 9.17) is 0 Å². The third kappa shape index (κ3) is 3.16. The van der Waals surface area contributed by atoms with Crippen LogP contribution in [0.15, 0.2) is 47.2 Å². The van der Waals surface area contributed by atoms with Crippen LogP contribution < -0.4 is 5.32 Å². The molecule has 0 fully saturated rings. The van der Waals surface area contributed by atoms with Gasteiger partial charge in [0.25, 0.3) is 11.8 Å². The van der Waals surface area contributed by atoms with Gasteiger partial charge in [0.2, 0.25) is 0 Å². The Morgan fingerprint density at radius 1 is 1.21 bits per heavy atom. The van der Waals surface area contributed by atoms with Gasteiger partial charge in [-0.1, -0.05) is 0 Å². The first kappa shape index (κ1) is 16.2. The number of fused-ring (bicyclic) bond motifs is 1. The molecule has 3 rings (SSSR count). The third-order valence-corrected chi connectivity index (χ3v) is 3.97. The van der Waals surface area contributed by atoms with E-state index in [1.165, 1.54) is 4.90 Å². The van der Waals surface area contributed by atoms with Crippen molar-refractivity contribution in [3.63, 3.8) is 0 Å². The molecule has 24 heavy (non-hydrogen) atoms. The summed E-state index contributed by atoms with van der Waals surface area (Å²) in [4.78, 5) is 33.0. The first-order chi connectivity index (χ1) is 11.5. The molecule has 0 aliphatic rings. The van der Waals surface area contributed by atoms with E-state index in [9.17, 15) is 9.59 Å². The molecule has 0 spiro atoms. The number of benzene rings is 1. The van der Waals surface area contributed by atoms with Gasteiger partial charge >= 0.3 is 0 Å². The Morgan fingerprint density at radius 3 is 2.58 bits per heavy atom. The highest BCUT2D eigenvalue weighted by molar-refractivity contribution is 9.10. The van der Waals surface area contributed by atoms with Gasteiger partial charge in [0.15, 0.2) is 0 Å². The van der Waals surface area contributed by atoms with Crippen molar-refractivity contribution in [3.05, 3.63) is 58.3 Å². The molecule has 122 valence electrons. The number of aromatic amines is 1. The Balaban J connectivity index is 1.81. The quantitative estimate of drug-likeness (QED) is 0.724. The number of nitrogens with one attached hydrogen (secondary N) is 2. The second-order valence-corrected chi connectivity index (χ2v) is 6.40. The number of hydrogen-bond donors (Lipinski definition) is 2. The van der Waals surface area contributed by atoms with Crippen molar-refractivity contribution in [1.29, 1.82) is 0 Å². The first-order valence-electron chi connectivity index (χ1n) is 7.21. The number of amides is 2. The molecule has 0 saturated carbocycles. The van der Waals surface area contributed by atoms with Crippen LogP contribution in [0.25, 0.3) is 11.0 Å². The van der Waals surface area contributed by atoms with Crippen molar-refractivity contribution in [2.75, 3.05) is 19.4 Å². The number of nitrogens with zero attached hydrogens (tertiary/aromatic N) is 2. The molecular weight excluding hydrogens is 372 g/mol. The minimum atomic E-state index is -0.243. The zero-order valence-corrected chi connectivity index (χ0v) is 14.7. The summed E-state index contributed by atoms with van der Waals surface area (Å²) in [6, 6.07) is 8.62. The molecule has 0 saturated heterocycles. The molecule has 2 aromatic heterocycles. The number of aromatic nitrogens is 2. The molecule has 2 heterocycles. The summed E-state index contributed by atoms with van der Waals surface area (Å²) >= 11 is 3.36. The smallest absolute Gasteiger partial charge is 0.257 e. The standard InChI is InChI=1S/C17H15BrN4O2/c1-22(2)17(24)10-3-5-12(6-4-10)21-16(23)14-9-20-15-13(14)7-11(18)8-19-15/h3-9H,1-2H3,(H,19,20)(H,21,23). The van der Waals surface area contributed by atoms with Crippen LogP contribution in [0.2, 0.25) is 0 Å². The lowest BCUT2D eigenvalue weighted by atomic mass is 10.1. The van der Waals surface area contributed by atoms with Gasteiger partial charge in [0, 0.05) is 47.6 Å². The lowest BCUT2D eigenvalue weighted by molar-refractivity contribution is 0.0827. The highest BCUT2D eigenvalue weighted by Gasteiger charge is 2.14. The summed E-state index contributed by atoms with van der Waals surface area (Å²) in [6.45, 7) is 0. The van der Waals surface area contributed by atoms with E-state index in [2.05, 4.69) is 31.2 Å². The van der Waals surface area contributed by atoms with Gasteiger partial charge in [0.05, 0.1) is 5.56 Å². The van der Waals surface area contributed by atoms with Gasteiger partial charge < -0.3 is 15.2 Å². The van der Waals surface area contributed by atoms with Crippen LogP contribution in [0.4, 0.5) is 5.69 Å². The van der Waals surface area contributed by atoms with Crippen LogP contribution in [0, 0.1) is 0 Å². The number of carbonyl (C=O) groups excluding carboxylic acids is 2. The highest BCUT2D eigenvalue weighted by atomic mass is 79.9. The van der Waals surface area contributed by atoms with E-state index < -0.39 is 0 Å². The van der Waals surface area contributed by atoms with Gasteiger partial charge in [-0.2, -0.15) is 0 Å². The van der Waals surface area contributed by atoms with Crippen LogP contribution >= 0.6 is 15.9 Å². The molecule has 1 aromatic carbocycles. The Bertz CT molecular complexity index is 916. The zero-order valence-electron chi connectivity index (χ0n) is 13.1. The monoisotopic (exact) mass is 386 g/mol. The maximum absolute atomic E-state index is 12.5. The fourth-order valence-corrected chi connectivity index (χ4v) is 2.65. The van der Waals surface area contributed by atoms with Gasteiger partial charge in [-0.3, -0.25) is 9.59 Å². The van der Waals surface area contributed by atoms with Crippen molar-refractivity contribution in [3.8, 4) is 0 Å². The Labute approximate surface area is 147 Å². The van der Waals surface area contributed by atoms with Crippen molar-refractivity contribution in [2.24, 2.45) is 0 Å². The fourth-order valence-electron chi connectivity index (χ4n) is 2.32. The Hall–Kier alpha value is -2.67. The molecule has 0 aliphatic heterocycles. The summed E-state index contributed by atoms with van der Waals surface area (Å²) < 4.78 is 0.801. The van der Waals surface area contributed by atoms with Gasteiger partial charge in [0.1, 0.15) is 5.65 Å². The number of anilines is 1. The Kier molecular flexibility index (Phi) is 4.35. The third-order valence-electron chi connectivity index (χ3n) is 3.54. The van der Waals surface area contributed by atoms with Crippen LogP contribution in [0.5, 0.6) is 0 Å². The van der Waals surface area contributed by atoms with Crippen molar-refractivity contribution in [2.45, 2.75) is 0 Å². The van der Waals surface area contributed by atoms with Crippen molar-refractivity contribution < 1.29 is 9.59 Å². The van der Waals surface area contributed by atoms with Gasteiger partial charge in [-0.25, -0.2) is 4.98 Å². The largest absolute Gasteiger partial charge is 0.345 e. The van der Waals surface area contributed by atoms with Gasteiger partial charge in [-0.15, -0.1) is 0 Å². The maximum atomic E-state index is 12.5. The topological polar surface area (TPSA) is 78.1 Å². The minimum Gasteiger partial charge on any atom is -0.345 e. The lowest BCUT2D eigenvalue weighted by Gasteiger charge is -2.11. The number of hydrogen-bond acceptors (Lipinski definition) is 3. The second kappa shape index (κ2) is 6.45. The molecule has 0 aliphatic carbocycles. The van der Waals surface area contributed by atoms with E-state index in [1.807, 2.05) is 6.07 Å². The summed E-state index contributed by atoms with van der Waals surface area (Å²) in [6.07, 6.45) is 3.30. The molecule has 3 aromatic rings. The van der Waals surface area contributed by atoms with Crippen LogP contribution in [-0.4, -0.2) is 40.8 Å². The molecule has 7 heteroatoms. The normalized spacial score (nSPS) is 10.6. The van der Waals surface area contributed by atoms with Gasteiger partial charge in [-0.05, 0) is 46.3 Å². The van der Waals surface area contributed by atoms with E-state index >= 15 is 0 Å². The molecule has 0 atom stereocenters. The average molecular weight is 387 g/mol. The lowest BCUT2D eigenvalue weighted by Crippen LogP contribution is -2.21. The van der Waals surface area contributed by atoms with Crippen molar-refractivity contribution in [1.82, 2.24) is 14.9 Å². The highest BCUT2D eigenvalue weighted by Crippen LogP contribution is 2.22. The van der Waals surface area contributed by atoms with E-state index in [0.29, 0.717) is 22.5 Å². The fraction of sp³-hybridized carbons (Fsp3) is 0.118. The Morgan fingerprint density at radius 2 is 1.92 bits per heavy atom. The first-order valence-corrected chi connectivity index (χ1v) is 8.00. The molecule has 6 nitrogen and oxygen atoms in total. The van der Waals surface area contributed by atoms with Crippen LogP contribution in [0.3, 0.4) is 0 Å². The SMILES string of the molecule is CN(C)C(=O)c1ccc(NC(=O)c2c[nH]c3ncc(Br)cc23)cc1. The second-order valence-electron chi connectivity index (χ2n) is 5.48. The van der Waals surface area contributed by atoms with Crippen LogP contribution in [-0.2, 0) is 0 Å². The number of carbonyl (C=O) groups is 2. The molecule has 0 unspecified atom stereocenters. The van der Waals surface area contributed by atoms with E-state index in [0.717, 1.165) is 9.86 Å². The number of rotatable bonds is 3. The maximum Gasteiger partial charge on any atom is 0.257 e. The number of halogens is 1. The summed E-state index contributed by atoms with van der Waals surface area (Å²) in [5.41, 5.74) is 2.34. The summed E-state index contributed by atoms with van der Waals surface area (Å²) in [5, 5.41) is 3.56. The molecule has 0 bridgehead atoms. The number of H-pyrrole nitrogens is 1. The number of pyridine rings is 1. The molecule has 2 amide bonds.